The van der Waals surface area contributed by atoms with Crippen LogP contribution in [-0.2, 0) is 39.7 Å². The van der Waals surface area contributed by atoms with E-state index < -0.39 is 78.9 Å². The Bertz CT molecular complexity index is 1400. The lowest BCUT2D eigenvalue weighted by Crippen LogP contribution is -2.65. The number of ketones is 1. The zero-order valence-corrected chi connectivity index (χ0v) is 25.2. The molecule has 10 atom stereocenters. The van der Waals surface area contributed by atoms with Crippen LogP contribution in [0.2, 0.25) is 0 Å². The van der Waals surface area contributed by atoms with Crippen molar-refractivity contribution < 1.29 is 73.8 Å². The lowest BCUT2D eigenvalue weighted by atomic mass is 9.95. The monoisotopic (exact) mass is 650 g/mol. The number of carbonyl (C=O) groups excluding carboxylic acids is 2. The van der Waals surface area contributed by atoms with Gasteiger partial charge in [-0.3, -0.25) is 4.79 Å². The summed E-state index contributed by atoms with van der Waals surface area (Å²) in [5.41, 5.74) is 1.03. The van der Waals surface area contributed by atoms with Crippen molar-refractivity contribution in [3.8, 4) is 23.0 Å². The third-order valence-corrected chi connectivity index (χ3v) is 7.60. The molecule has 2 saturated heterocycles. The van der Waals surface area contributed by atoms with Gasteiger partial charge >= 0.3 is 5.97 Å². The van der Waals surface area contributed by atoms with Crippen molar-refractivity contribution in [2.24, 2.45) is 0 Å². The molecule has 2 fully saturated rings. The van der Waals surface area contributed by atoms with E-state index in [-0.39, 0.29) is 30.3 Å². The first kappa shape index (κ1) is 35.1. The zero-order valence-electron chi connectivity index (χ0n) is 25.2. The minimum Gasteiger partial charge on any atom is -0.504 e. The molecular formula is C31H38O15. The molecule has 4 rings (SSSR count). The van der Waals surface area contributed by atoms with E-state index in [9.17, 15) is 45.3 Å². The third kappa shape index (κ3) is 8.12. The molecule has 2 aromatic carbocycles. The third-order valence-electron chi connectivity index (χ3n) is 7.60. The number of hydrogen-bond acceptors (Lipinski definition) is 15. The lowest BCUT2D eigenvalue weighted by molar-refractivity contribution is -0.352. The fourth-order valence-electron chi connectivity index (χ4n) is 5.01. The first-order valence-corrected chi connectivity index (χ1v) is 14.4. The number of aliphatic hydroxyl groups excluding tert-OH is 4. The number of hydrogen-bond donors (Lipinski definition) is 7. The summed E-state index contributed by atoms with van der Waals surface area (Å²) in [4.78, 5) is 25.7. The molecule has 0 radical (unpaired) electrons. The van der Waals surface area contributed by atoms with Crippen molar-refractivity contribution in [1.29, 1.82) is 0 Å². The Morgan fingerprint density at radius 2 is 1.57 bits per heavy atom. The number of benzene rings is 2. The first-order valence-electron chi connectivity index (χ1n) is 14.4. The predicted molar refractivity (Wildman–Crippen MR) is 156 cm³/mol. The van der Waals surface area contributed by atoms with Gasteiger partial charge in [-0.2, -0.15) is 0 Å². The molecule has 15 heteroatoms. The molecule has 0 spiro atoms. The highest BCUT2D eigenvalue weighted by atomic mass is 16.7. The molecule has 0 saturated carbocycles. The van der Waals surface area contributed by atoms with E-state index in [0.29, 0.717) is 11.1 Å². The van der Waals surface area contributed by atoms with E-state index in [4.69, 9.17) is 28.4 Å². The highest BCUT2D eigenvalue weighted by molar-refractivity contribution is 5.88. The van der Waals surface area contributed by atoms with E-state index in [1.165, 1.54) is 44.4 Å². The maximum absolute atomic E-state index is 12.9. The minimum atomic E-state index is -1.79. The number of phenolic OH excluding ortho intramolecular Hbond substituents is 3. The van der Waals surface area contributed by atoms with Gasteiger partial charge in [0.05, 0.1) is 19.8 Å². The molecule has 0 bridgehead atoms. The zero-order chi connectivity index (χ0) is 33.7. The summed E-state index contributed by atoms with van der Waals surface area (Å²) in [6, 6.07) is 8.48. The Morgan fingerprint density at radius 1 is 0.848 bits per heavy atom. The van der Waals surface area contributed by atoms with Crippen molar-refractivity contribution in [3.63, 3.8) is 0 Å². The SMILES string of the molecule is COc1cc(CCO[C@@H]2O[C@H](C(C)=O)[C@@H](OC(=O)/C=C/c3ccc(O)c(O)c3)[C@H](O[C@@H]3O[C@@H](C)[C@H](O)[C@@H](O)[C@H]3O)[C@H]2O)ccc1O. The largest absolute Gasteiger partial charge is 0.504 e. The Balaban J connectivity index is 1.56. The number of carbonyl (C=O) groups is 2. The molecule has 15 nitrogen and oxygen atoms in total. The molecule has 0 aliphatic carbocycles. The van der Waals surface area contributed by atoms with Gasteiger partial charge < -0.3 is 64.2 Å². The second-order valence-electron chi connectivity index (χ2n) is 10.9. The number of phenols is 3. The highest BCUT2D eigenvalue weighted by Gasteiger charge is 2.53. The number of aromatic hydroxyl groups is 3. The van der Waals surface area contributed by atoms with Crippen LogP contribution in [0.25, 0.3) is 6.08 Å². The maximum Gasteiger partial charge on any atom is 0.331 e. The summed E-state index contributed by atoms with van der Waals surface area (Å²) >= 11 is 0. The Hall–Kier alpha value is -3.80. The molecule has 0 unspecified atom stereocenters. The van der Waals surface area contributed by atoms with Gasteiger partial charge in [0, 0.05) is 6.08 Å². The normalized spacial score (nSPS) is 31.5. The first-order chi connectivity index (χ1) is 21.8. The molecule has 2 aliphatic rings. The van der Waals surface area contributed by atoms with E-state index in [2.05, 4.69) is 0 Å². The molecule has 46 heavy (non-hydrogen) atoms. The summed E-state index contributed by atoms with van der Waals surface area (Å²) in [6.45, 7) is 2.52. The van der Waals surface area contributed by atoms with E-state index in [0.717, 1.165) is 13.0 Å². The van der Waals surface area contributed by atoms with Crippen LogP contribution in [0.1, 0.15) is 25.0 Å². The predicted octanol–water partition coefficient (Wildman–Crippen LogP) is -0.116. The summed E-state index contributed by atoms with van der Waals surface area (Å²) in [5, 5.41) is 71.4. The molecule has 2 heterocycles. The van der Waals surface area contributed by atoms with Gasteiger partial charge in [-0.1, -0.05) is 12.1 Å². The second-order valence-corrected chi connectivity index (χ2v) is 10.9. The number of aliphatic hydroxyl groups is 4. The van der Waals surface area contributed by atoms with Crippen LogP contribution in [0.4, 0.5) is 0 Å². The summed E-state index contributed by atoms with van der Waals surface area (Å²) in [7, 11) is 1.40. The van der Waals surface area contributed by atoms with Gasteiger partial charge in [0.25, 0.3) is 0 Å². The molecule has 0 aromatic heterocycles. The number of esters is 1. The molecule has 0 amide bonds. The lowest BCUT2D eigenvalue weighted by Gasteiger charge is -2.46. The molecule has 2 aromatic rings. The van der Waals surface area contributed by atoms with Crippen molar-refractivity contribution >= 4 is 17.8 Å². The van der Waals surface area contributed by atoms with Gasteiger partial charge in [0.15, 0.2) is 53.6 Å². The quantitative estimate of drug-likeness (QED) is 0.0955. The van der Waals surface area contributed by atoms with E-state index >= 15 is 0 Å². The van der Waals surface area contributed by atoms with Crippen molar-refractivity contribution in [2.75, 3.05) is 13.7 Å². The minimum absolute atomic E-state index is 0.0514. The molecule has 2 aliphatic heterocycles. The average Bonchev–Trinajstić information content (AvgIpc) is 3.02. The highest BCUT2D eigenvalue weighted by Crippen LogP contribution is 2.32. The van der Waals surface area contributed by atoms with Crippen LogP contribution < -0.4 is 4.74 Å². The Labute approximate surface area is 263 Å². The second kappa shape index (κ2) is 15.2. The fourth-order valence-corrected chi connectivity index (χ4v) is 5.01. The van der Waals surface area contributed by atoms with Crippen LogP contribution in [0.3, 0.4) is 0 Å². The van der Waals surface area contributed by atoms with Crippen molar-refractivity contribution in [1.82, 2.24) is 0 Å². The van der Waals surface area contributed by atoms with Gasteiger partial charge in [-0.25, -0.2) is 4.79 Å². The average molecular weight is 651 g/mol. The van der Waals surface area contributed by atoms with Crippen LogP contribution in [-0.4, -0.2) is 123 Å². The molecule has 7 N–H and O–H groups in total. The maximum atomic E-state index is 12.9. The van der Waals surface area contributed by atoms with Gasteiger partial charge in [0.1, 0.15) is 30.5 Å². The summed E-state index contributed by atoms with van der Waals surface area (Å²) < 4.78 is 33.5. The van der Waals surface area contributed by atoms with Crippen LogP contribution in [0, 0.1) is 0 Å². The topological polar surface area (TPSA) is 231 Å². The fraction of sp³-hybridized carbons (Fsp3) is 0.484. The van der Waals surface area contributed by atoms with Crippen LogP contribution >= 0.6 is 0 Å². The van der Waals surface area contributed by atoms with Gasteiger partial charge in [0.2, 0.25) is 0 Å². The van der Waals surface area contributed by atoms with Crippen LogP contribution in [0.15, 0.2) is 42.5 Å². The van der Waals surface area contributed by atoms with Gasteiger partial charge in [-0.15, -0.1) is 0 Å². The van der Waals surface area contributed by atoms with E-state index in [1.54, 1.807) is 12.1 Å². The number of rotatable bonds is 11. The smallest absolute Gasteiger partial charge is 0.331 e. The molecular weight excluding hydrogens is 612 g/mol. The number of Topliss-reactive ketones (excluding diaryl/α,β-unsaturated/α-hetero) is 1. The molecule has 252 valence electrons. The van der Waals surface area contributed by atoms with Crippen molar-refractivity contribution in [3.05, 3.63) is 53.6 Å². The number of methoxy groups -OCH3 is 1. The van der Waals surface area contributed by atoms with Gasteiger partial charge in [-0.05, 0) is 61.7 Å². The Morgan fingerprint density at radius 3 is 2.24 bits per heavy atom. The summed E-state index contributed by atoms with van der Waals surface area (Å²) in [6.07, 6.45) is -13.1. The van der Waals surface area contributed by atoms with Crippen molar-refractivity contribution in [2.45, 2.75) is 81.7 Å². The standard InChI is InChI=1S/C31H38O15/c1-14(32)27-29(44-22(36)9-6-16-4-7-18(33)20(35)12-16)28(46-31-25(39)24(38)23(37)15(2)43-31)26(40)30(45-27)42-11-10-17-5-8-19(34)21(13-17)41-3/h4-9,12-13,15,23-31,33-35,37-40H,10-11H2,1-3H3/b9-6+/t15-,23-,24+,25+,26+,27+,28+,29+,30+,31-/m0/s1. The Kier molecular flexibility index (Phi) is 11.6. The summed E-state index contributed by atoms with van der Waals surface area (Å²) in [5.74, 6) is -2.24. The van der Waals surface area contributed by atoms with Crippen LogP contribution in [0.5, 0.6) is 23.0 Å². The van der Waals surface area contributed by atoms with E-state index in [1.807, 2.05) is 0 Å². The number of ether oxygens (including phenoxy) is 6.